The Morgan fingerprint density at radius 2 is 2.20 bits per heavy atom. The van der Waals surface area contributed by atoms with Crippen molar-refractivity contribution in [1.29, 1.82) is 0 Å². The third-order valence-corrected chi connectivity index (χ3v) is 5.44. The van der Waals surface area contributed by atoms with Crippen molar-refractivity contribution in [3.63, 3.8) is 0 Å². The fourth-order valence-electron chi connectivity index (χ4n) is 3.15. The molecule has 1 aliphatic heterocycles. The van der Waals surface area contributed by atoms with Crippen molar-refractivity contribution in [1.82, 2.24) is 0 Å². The number of thioether (sulfide) groups is 1. The van der Waals surface area contributed by atoms with Gasteiger partial charge < -0.3 is 14.6 Å². The number of carbonyl (C=O) groups excluding carboxylic acids is 1. The smallest absolute Gasteiger partial charge is 0.309 e. The average molecular weight is 302 g/mol. The number of aliphatic hydroxyl groups excluding tert-OH is 1. The maximum Gasteiger partial charge on any atom is 0.309 e. The van der Waals surface area contributed by atoms with Crippen LogP contribution in [-0.2, 0) is 14.3 Å². The van der Waals surface area contributed by atoms with Crippen LogP contribution in [0.2, 0.25) is 0 Å². The number of carbonyl (C=O) groups is 1. The number of rotatable bonds is 4. The molecule has 0 radical (unpaired) electrons. The molecule has 0 amide bonds. The maximum atomic E-state index is 12.1. The third-order valence-electron chi connectivity index (χ3n) is 4.31. The van der Waals surface area contributed by atoms with Gasteiger partial charge in [0.15, 0.2) is 6.29 Å². The monoisotopic (exact) mass is 302 g/mol. The molecule has 5 heteroatoms. The first-order valence-corrected chi connectivity index (χ1v) is 8.65. The summed E-state index contributed by atoms with van der Waals surface area (Å²) in [4.78, 5) is 12.1. The molecule has 0 bridgehead atoms. The van der Waals surface area contributed by atoms with E-state index in [1.54, 1.807) is 0 Å². The molecule has 2 unspecified atom stereocenters. The quantitative estimate of drug-likeness (QED) is 0.809. The van der Waals surface area contributed by atoms with Gasteiger partial charge in [-0.1, -0.05) is 27.2 Å². The number of hydrogen-bond donors (Lipinski definition) is 1. The van der Waals surface area contributed by atoms with Gasteiger partial charge in [-0.3, -0.25) is 4.79 Å². The Morgan fingerprint density at radius 3 is 2.80 bits per heavy atom. The second-order valence-electron chi connectivity index (χ2n) is 6.41. The molecule has 2 aliphatic rings. The minimum atomic E-state index is -0.740. The van der Waals surface area contributed by atoms with E-state index >= 15 is 0 Å². The van der Waals surface area contributed by atoms with Gasteiger partial charge in [0.2, 0.25) is 0 Å². The molecule has 1 saturated heterocycles. The summed E-state index contributed by atoms with van der Waals surface area (Å²) in [5.41, 5.74) is -0.254. The minimum Gasteiger partial charge on any atom is -0.462 e. The number of aliphatic hydroxyl groups is 1. The molecule has 1 heterocycles. The molecule has 20 heavy (non-hydrogen) atoms. The first kappa shape index (κ1) is 16.1. The zero-order chi connectivity index (χ0) is 14.7. The van der Waals surface area contributed by atoms with Gasteiger partial charge in [0, 0.05) is 5.75 Å². The predicted octanol–water partition coefficient (Wildman–Crippen LogP) is 2.79. The van der Waals surface area contributed by atoms with Crippen molar-refractivity contribution in [3.8, 4) is 0 Å². The van der Waals surface area contributed by atoms with Crippen LogP contribution in [0.15, 0.2) is 0 Å². The van der Waals surface area contributed by atoms with Crippen LogP contribution in [0, 0.1) is 17.8 Å². The Kier molecular flexibility index (Phi) is 5.75. The first-order valence-electron chi connectivity index (χ1n) is 7.60. The lowest BCUT2D eigenvalue weighted by Crippen LogP contribution is -2.36. The fourth-order valence-corrected chi connectivity index (χ4v) is 4.07. The molecule has 0 spiro atoms. The van der Waals surface area contributed by atoms with E-state index in [4.69, 9.17) is 9.47 Å². The van der Waals surface area contributed by atoms with E-state index in [1.165, 1.54) is 18.2 Å². The van der Waals surface area contributed by atoms with Gasteiger partial charge in [-0.2, -0.15) is 0 Å². The standard InChI is InChI=1S/C15H26O4S/c1-9(2)11-5-4-10(3)6-12(11)18-13(16)7-15-19-14(17)8-20-15/h9-12,14-15,17H,4-8H2,1-3H3/t10-,11+,12-,14?,15?/m1/s1. The molecular formula is C15H26O4S. The van der Waals surface area contributed by atoms with Crippen LogP contribution in [0.4, 0.5) is 0 Å². The molecule has 0 aromatic heterocycles. The summed E-state index contributed by atoms with van der Waals surface area (Å²) in [5, 5.41) is 9.29. The molecule has 1 N–H and O–H groups in total. The van der Waals surface area contributed by atoms with E-state index in [9.17, 15) is 9.90 Å². The largest absolute Gasteiger partial charge is 0.462 e. The van der Waals surface area contributed by atoms with E-state index in [1.807, 2.05) is 0 Å². The van der Waals surface area contributed by atoms with Crippen LogP contribution in [0.1, 0.15) is 46.5 Å². The molecule has 0 aromatic rings. The molecular weight excluding hydrogens is 276 g/mol. The van der Waals surface area contributed by atoms with Crippen LogP contribution in [0.25, 0.3) is 0 Å². The topological polar surface area (TPSA) is 55.8 Å². The average Bonchev–Trinajstić information content (AvgIpc) is 2.74. The van der Waals surface area contributed by atoms with E-state index in [0.717, 1.165) is 12.8 Å². The van der Waals surface area contributed by atoms with Crippen molar-refractivity contribution in [3.05, 3.63) is 0 Å². The van der Waals surface area contributed by atoms with Crippen LogP contribution >= 0.6 is 11.8 Å². The minimum absolute atomic E-state index is 0.0441. The Bertz CT molecular complexity index is 334. The van der Waals surface area contributed by atoms with Crippen LogP contribution in [0.5, 0.6) is 0 Å². The number of ether oxygens (including phenoxy) is 2. The van der Waals surface area contributed by atoms with Crippen LogP contribution in [-0.4, -0.2) is 34.7 Å². The molecule has 116 valence electrons. The summed E-state index contributed by atoms with van der Waals surface area (Å²) in [5.74, 6) is 1.98. The second-order valence-corrected chi connectivity index (χ2v) is 7.60. The first-order chi connectivity index (χ1) is 9.45. The van der Waals surface area contributed by atoms with Crippen molar-refractivity contribution in [2.75, 3.05) is 5.75 Å². The fraction of sp³-hybridized carbons (Fsp3) is 0.933. The predicted molar refractivity (Wildman–Crippen MR) is 79.2 cm³/mol. The van der Waals surface area contributed by atoms with Crippen LogP contribution in [0.3, 0.4) is 0 Å². The third kappa shape index (κ3) is 4.37. The Labute approximate surface area is 125 Å². The lowest BCUT2D eigenvalue weighted by Gasteiger charge is -2.36. The van der Waals surface area contributed by atoms with E-state index in [0.29, 0.717) is 23.5 Å². The van der Waals surface area contributed by atoms with Crippen molar-refractivity contribution in [2.45, 2.75) is 64.3 Å². The molecule has 2 rings (SSSR count). The van der Waals surface area contributed by atoms with Gasteiger partial charge in [-0.05, 0) is 30.6 Å². The van der Waals surface area contributed by atoms with Crippen molar-refractivity contribution < 1.29 is 19.4 Å². The second kappa shape index (κ2) is 7.14. The van der Waals surface area contributed by atoms with Gasteiger partial charge in [0.1, 0.15) is 11.5 Å². The lowest BCUT2D eigenvalue weighted by molar-refractivity contribution is -0.159. The Morgan fingerprint density at radius 1 is 1.45 bits per heavy atom. The molecule has 5 atom stereocenters. The summed E-state index contributed by atoms with van der Waals surface area (Å²) in [6.07, 6.45) is 2.88. The summed E-state index contributed by atoms with van der Waals surface area (Å²) in [7, 11) is 0. The number of hydrogen-bond acceptors (Lipinski definition) is 5. The summed E-state index contributed by atoms with van der Waals surface area (Å²) < 4.78 is 11.0. The zero-order valence-electron chi connectivity index (χ0n) is 12.6. The normalized spacial score (nSPS) is 38.1. The van der Waals surface area contributed by atoms with Gasteiger partial charge in [-0.25, -0.2) is 0 Å². The molecule has 4 nitrogen and oxygen atoms in total. The highest BCUT2D eigenvalue weighted by Crippen LogP contribution is 2.36. The summed E-state index contributed by atoms with van der Waals surface area (Å²) in [6, 6.07) is 0. The summed E-state index contributed by atoms with van der Waals surface area (Å²) in [6.45, 7) is 6.63. The highest BCUT2D eigenvalue weighted by molar-refractivity contribution is 8.00. The maximum absolute atomic E-state index is 12.1. The molecule has 2 fully saturated rings. The highest BCUT2D eigenvalue weighted by atomic mass is 32.2. The van der Waals surface area contributed by atoms with E-state index in [2.05, 4.69) is 20.8 Å². The van der Waals surface area contributed by atoms with E-state index < -0.39 is 6.29 Å². The van der Waals surface area contributed by atoms with Gasteiger partial charge in [0.25, 0.3) is 0 Å². The zero-order valence-corrected chi connectivity index (χ0v) is 13.4. The summed E-state index contributed by atoms with van der Waals surface area (Å²) >= 11 is 1.48. The van der Waals surface area contributed by atoms with Gasteiger partial charge >= 0.3 is 5.97 Å². The number of esters is 1. The van der Waals surface area contributed by atoms with Gasteiger partial charge in [0.05, 0.1) is 6.42 Å². The lowest BCUT2D eigenvalue weighted by atomic mass is 9.75. The Hall–Kier alpha value is -0.260. The highest BCUT2D eigenvalue weighted by Gasteiger charge is 2.34. The SMILES string of the molecule is CC(C)[C@@H]1CC[C@@H](C)C[C@H]1OC(=O)CC1OC(O)CS1. The molecule has 1 saturated carbocycles. The molecule has 1 aliphatic carbocycles. The molecule has 0 aromatic carbocycles. The van der Waals surface area contributed by atoms with Gasteiger partial charge in [-0.15, -0.1) is 11.8 Å². The van der Waals surface area contributed by atoms with Crippen molar-refractivity contribution >= 4 is 17.7 Å². The van der Waals surface area contributed by atoms with E-state index in [-0.39, 0.29) is 23.9 Å². The van der Waals surface area contributed by atoms with Crippen LogP contribution < -0.4 is 0 Å². The van der Waals surface area contributed by atoms with Crippen molar-refractivity contribution in [2.24, 2.45) is 17.8 Å². The Balaban J connectivity index is 1.84.